The maximum atomic E-state index is 12.2. The zero-order chi connectivity index (χ0) is 16.8. The first-order valence-electron chi connectivity index (χ1n) is 7.27. The molecule has 23 heavy (non-hydrogen) atoms. The molecule has 0 spiro atoms. The Morgan fingerprint density at radius 2 is 1.70 bits per heavy atom. The molecule has 0 aliphatic rings. The van der Waals surface area contributed by atoms with E-state index in [0.29, 0.717) is 28.1 Å². The third-order valence-electron chi connectivity index (χ3n) is 3.50. The minimum absolute atomic E-state index is 0.0961. The Kier molecular flexibility index (Phi) is 6.82. The lowest BCUT2D eigenvalue weighted by Gasteiger charge is -2.17. The van der Waals surface area contributed by atoms with E-state index in [9.17, 15) is 4.79 Å². The van der Waals surface area contributed by atoms with E-state index in [1.54, 1.807) is 4.90 Å². The molecule has 2 nitrogen and oxygen atoms in total. The van der Waals surface area contributed by atoms with Gasteiger partial charge in [-0.25, -0.2) is 0 Å². The van der Waals surface area contributed by atoms with Crippen LogP contribution in [0.5, 0.6) is 0 Å². The number of carbonyl (C=O) groups excluding carboxylic acids is 1. The number of hydrogen-bond acceptors (Lipinski definition) is 2. The van der Waals surface area contributed by atoms with Crippen LogP contribution in [-0.4, -0.2) is 23.6 Å². The molecule has 0 aliphatic heterocycles. The summed E-state index contributed by atoms with van der Waals surface area (Å²) in [5, 5.41) is 1.29. The molecule has 0 aromatic heterocycles. The topological polar surface area (TPSA) is 20.3 Å². The fraction of sp³-hybridized carbons (Fsp3) is 0.278. The average molecular weight is 368 g/mol. The van der Waals surface area contributed by atoms with Gasteiger partial charge in [0.05, 0.1) is 5.75 Å². The molecular formula is C18H19Cl2NOS. The molecule has 0 atom stereocenters. The molecule has 0 unspecified atom stereocenters. The zero-order valence-electron chi connectivity index (χ0n) is 13.2. The summed E-state index contributed by atoms with van der Waals surface area (Å²) >= 11 is 13.8. The molecule has 0 bridgehead atoms. The van der Waals surface area contributed by atoms with Crippen LogP contribution in [0.25, 0.3) is 0 Å². The second-order valence-corrected chi connectivity index (χ2v) is 7.23. The Morgan fingerprint density at radius 3 is 2.30 bits per heavy atom. The van der Waals surface area contributed by atoms with E-state index in [2.05, 4.69) is 31.2 Å². The fourth-order valence-electron chi connectivity index (χ4n) is 2.08. The van der Waals surface area contributed by atoms with E-state index in [-0.39, 0.29) is 5.91 Å². The second-order valence-electron chi connectivity index (χ2n) is 5.43. The monoisotopic (exact) mass is 367 g/mol. The maximum absolute atomic E-state index is 12.2. The van der Waals surface area contributed by atoms with Crippen molar-refractivity contribution in [3.05, 3.63) is 69.2 Å². The number of halogens is 2. The van der Waals surface area contributed by atoms with Gasteiger partial charge in [0.25, 0.3) is 0 Å². The van der Waals surface area contributed by atoms with Crippen LogP contribution in [0.4, 0.5) is 0 Å². The average Bonchev–Trinajstić information content (AvgIpc) is 2.52. The molecule has 0 saturated heterocycles. The summed E-state index contributed by atoms with van der Waals surface area (Å²) in [4.78, 5) is 14.0. The van der Waals surface area contributed by atoms with Gasteiger partial charge in [0.15, 0.2) is 0 Å². The number of aryl methyl sites for hydroxylation is 1. The number of hydrogen-bond donors (Lipinski definition) is 0. The largest absolute Gasteiger partial charge is 0.341 e. The smallest absolute Gasteiger partial charge is 0.232 e. The number of benzene rings is 2. The van der Waals surface area contributed by atoms with Gasteiger partial charge in [-0.3, -0.25) is 4.79 Å². The van der Waals surface area contributed by atoms with Crippen molar-refractivity contribution in [2.75, 3.05) is 12.8 Å². The number of amides is 1. The number of rotatable bonds is 6. The van der Waals surface area contributed by atoms with Crippen molar-refractivity contribution in [1.82, 2.24) is 4.90 Å². The quantitative estimate of drug-likeness (QED) is 0.699. The van der Waals surface area contributed by atoms with Crippen molar-refractivity contribution in [1.29, 1.82) is 0 Å². The van der Waals surface area contributed by atoms with Crippen molar-refractivity contribution >= 4 is 40.9 Å². The normalized spacial score (nSPS) is 10.6. The molecule has 2 rings (SSSR count). The first kappa shape index (κ1) is 18.2. The van der Waals surface area contributed by atoms with Crippen molar-refractivity contribution in [3.8, 4) is 0 Å². The molecule has 1 amide bonds. The minimum atomic E-state index is 0.0961. The standard InChI is InChI=1S/C18H19Cl2NOS/c1-13-6-8-14(9-7-13)10-21(2)18(22)12-23-11-15-16(19)4-3-5-17(15)20/h3-9H,10-12H2,1-2H3. The maximum Gasteiger partial charge on any atom is 0.232 e. The van der Waals surface area contributed by atoms with E-state index in [1.165, 1.54) is 17.3 Å². The van der Waals surface area contributed by atoms with Crippen LogP contribution in [0.2, 0.25) is 10.0 Å². The minimum Gasteiger partial charge on any atom is -0.341 e. The molecule has 122 valence electrons. The molecule has 0 radical (unpaired) electrons. The van der Waals surface area contributed by atoms with Gasteiger partial charge in [0.2, 0.25) is 5.91 Å². The van der Waals surface area contributed by atoms with Crippen molar-refractivity contribution < 1.29 is 4.79 Å². The predicted octanol–water partition coefficient (Wildman–Crippen LogP) is 5.19. The van der Waals surface area contributed by atoms with E-state index in [0.717, 1.165) is 11.1 Å². The first-order chi connectivity index (χ1) is 11.0. The molecule has 2 aromatic rings. The molecule has 0 fully saturated rings. The summed E-state index contributed by atoms with van der Waals surface area (Å²) in [6, 6.07) is 13.7. The van der Waals surface area contributed by atoms with Gasteiger partial charge in [0, 0.05) is 29.4 Å². The van der Waals surface area contributed by atoms with Crippen LogP contribution in [0.3, 0.4) is 0 Å². The highest BCUT2D eigenvalue weighted by Crippen LogP contribution is 2.28. The third-order valence-corrected chi connectivity index (χ3v) is 5.15. The third kappa shape index (κ3) is 5.45. The van der Waals surface area contributed by atoms with Gasteiger partial charge in [-0.1, -0.05) is 59.1 Å². The summed E-state index contributed by atoms with van der Waals surface area (Å²) in [5.74, 6) is 1.13. The van der Waals surface area contributed by atoms with Crippen LogP contribution >= 0.6 is 35.0 Å². The molecule has 0 heterocycles. The van der Waals surface area contributed by atoms with Crippen LogP contribution in [0, 0.1) is 6.92 Å². The lowest BCUT2D eigenvalue weighted by Crippen LogP contribution is -2.27. The summed E-state index contributed by atoms with van der Waals surface area (Å²) < 4.78 is 0. The molecule has 2 aromatic carbocycles. The molecule has 5 heteroatoms. The van der Waals surface area contributed by atoms with Crippen molar-refractivity contribution in [2.24, 2.45) is 0 Å². The highest BCUT2D eigenvalue weighted by molar-refractivity contribution is 7.99. The number of carbonyl (C=O) groups is 1. The highest BCUT2D eigenvalue weighted by Gasteiger charge is 2.11. The summed E-state index contributed by atoms with van der Waals surface area (Å²) in [7, 11) is 1.82. The van der Waals surface area contributed by atoms with E-state index < -0.39 is 0 Å². The van der Waals surface area contributed by atoms with Gasteiger partial charge in [-0.2, -0.15) is 0 Å². The lowest BCUT2D eigenvalue weighted by atomic mass is 10.1. The molecule has 0 aliphatic carbocycles. The van der Waals surface area contributed by atoms with Gasteiger partial charge in [0.1, 0.15) is 0 Å². The van der Waals surface area contributed by atoms with E-state index >= 15 is 0 Å². The highest BCUT2D eigenvalue weighted by atomic mass is 35.5. The summed E-state index contributed by atoms with van der Waals surface area (Å²) in [6.45, 7) is 2.67. The van der Waals surface area contributed by atoms with Crippen LogP contribution in [0.15, 0.2) is 42.5 Å². The molecular weight excluding hydrogens is 349 g/mol. The number of thioether (sulfide) groups is 1. The fourth-order valence-corrected chi connectivity index (χ4v) is 3.78. The zero-order valence-corrected chi connectivity index (χ0v) is 15.5. The Hall–Kier alpha value is -1.16. The Bertz CT molecular complexity index is 653. The Morgan fingerprint density at radius 1 is 1.09 bits per heavy atom. The SMILES string of the molecule is Cc1ccc(CN(C)C(=O)CSCc2c(Cl)cccc2Cl)cc1. The summed E-state index contributed by atoms with van der Waals surface area (Å²) in [5.41, 5.74) is 3.23. The van der Waals surface area contributed by atoms with Gasteiger partial charge >= 0.3 is 0 Å². The van der Waals surface area contributed by atoms with Crippen LogP contribution < -0.4 is 0 Å². The van der Waals surface area contributed by atoms with E-state index in [4.69, 9.17) is 23.2 Å². The van der Waals surface area contributed by atoms with Crippen LogP contribution in [-0.2, 0) is 17.1 Å². The first-order valence-corrected chi connectivity index (χ1v) is 9.18. The summed E-state index contributed by atoms with van der Waals surface area (Å²) in [6.07, 6.45) is 0. The predicted molar refractivity (Wildman–Crippen MR) is 100 cm³/mol. The second kappa shape index (κ2) is 8.62. The lowest BCUT2D eigenvalue weighted by molar-refractivity contribution is -0.127. The van der Waals surface area contributed by atoms with Crippen molar-refractivity contribution in [2.45, 2.75) is 19.2 Å². The number of nitrogens with zero attached hydrogens (tertiary/aromatic N) is 1. The van der Waals surface area contributed by atoms with Crippen LogP contribution in [0.1, 0.15) is 16.7 Å². The molecule has 0 N–H and O–H groups in total. The Balaban J connectivity index is 1.83. The van der Waals surface area contributed by atoms with E-state index in [1.807, 2.05) is 25.2 Å². The van der Waals surface area contributed by atoms with Gasteiger partial charge < -0.3 is 4.90 Å². The van der Waals surface area contributed by atoms with Gasteiger partial charge in [-0.05, 0) is 30.2 Å². The Labute approximate surface area is 151 Å². The van der Waals surface area contributed by atoms with Crippen molar-refractivity contribution in [3.63, 3.8) is 0 Å². The molecule has 0 saturated carbocycles. The van der Waals surface area contributed by atoms with Gasteiger partial charge in [-0.15, -0.1) is 11.8 Å².